The molecule has 0 spiro atoms. The second-order valence-electron chi connectivity index (χ2n) is 24.8. The molecule has 0 amide bonds. The maximum Gasteiger partial charge on any atom is 0.0543 e. The van der Waals surface area contributed by atoms with Crippen LogP contribution < -0.4 is 4.90 Å². The third kappa shape index (κ3) is 7.75. The van der Waals surface area contributed by atoms with E-state index >= 15 is 0 Å². The van der Waals surface area contributed by atoms with Crippen molar-refractivity contribution in [2.45, 2.75) is 131 Å². The lowest BCUT2D eigenvalue weighted by Gasteiger charge is -2.34. The predicted octanol–water partition coefficient (Wildman–Crippen LogP) is 19.3. The van der Waals surface area contributed by atoms with Gasteiger partial charge in [-0.05, 0) is 137 Å². The zero-order chi connectivity index (χ0) is 48.5. The van der Waals surface area contributed by atoms with E-state index in [-0.39, 0.29) is 27.1 Å². The molecule has 2 nitrogen and oxygen atoms in total. The summed E-state index contributed by atoms with van der Waals surface area (Å²) in [6.45, 7) is 35.0. The molecule has 0 unspecified atom stereocenters. The fraction of sp³-hybridized carbons (Fsp3) is 0.303. The van der Waals surface area contributed by atoms with Crippen molar-refractivity contribution >= 4 is 71.2 Å². The molecule has 9 aromatic carbocycles. The molecule has 1 heterocycles. The average molecular weight is 891 g/mol. The topological polar surface area (TPSA) is 8.17 Å². The number of aromatic nitrogens is 1. The molecule has 10 rings (SSSR count). The Morgan fingerprint density at radius 3 is 1.32 bits per heavy atom. The maximum atomic E-state index is 2.60. The SMILES string of the molecule is CC(C)(C)c1cc(N(c2cc(C(C)(C)C)ccc2-c2ccccc2)c2ccc3ccc4c(-n5c6ccc(C(C)(C)C)cc6c6cc(C(C)(C)C)ccc65)ccc5ccc2c3c54)cc(C(C)(C)C)c1. The highest BCUT2D eigenvalue weighted by Gasteiger charge is 2.29. The average Bonchev–Trinajstić information content (AvgIpc) is 3.60. The van der Waals surface area contributed by atoms with E-state index in [4.69, 9.17) is 0 Å². The molecule has 0 N–H and O–H groups in total. The summed E-state index contributed by atoms with van der Waals surface area (Å²) in [5.41, 5.74) is 16.2. The van der Waals surface area contributed by atoms with Crippen molar-refractivity contribution in [2.75, 3.05) is 4.90 Å². The lowest BCUT2D eigenvalue weighted by atomic mass is 9.80. The summed E-state index contributed by atoms with van der Waals surface area (Å²) in [6.07, 6.45) is 0. The van der Waals surface area contributed by atoms with E-state index in [1.807, 2.05) is 0 Å². The van der Waals surface area contributed by atoms with Crippen molar-refractivity contribution in [1.29, 1.82) is 0 Å². The van der Waals surface area contributed by atoms with Crippen molar-refractivity contribution in [3.8, 4) is 16.8 Å². The van der Waals surface area contributed by atoms with Gasteiger partial charge in [-0.15, -0.1) is 0 Å². The molecule has 0 aliphatic carbocycles. The minimum atomic E-state index is -0.0638. The van der Waals surface area contributed by atoms with Gasteiger partial charge in [0.15, 0.2) is 0 Å². The first-order chi connectivity index (χ1) is 31.9. The Hall–Kier alpha value is -6.38. The van der Waals surface area contributed by atoms with Crippen LogP contribution in [0, 0.1) is 0 Å². The largest absolute Gasteiger partial charge is 0.309 e. The van der Waals surface area contributed by atoms with Crippen LogP contribution in [0.4, 0.5) is 17.1 Å². The third-order valence-corrected chi connectivity index (χ3v) is 14.7. The highest BCUT2D eigenvalue weighted by Crippen LogP contribution is 2.50. The van der Waals surface area contributed by atoms with Crippen LogP contribution in [0.3, 0.4) is 0 Å². The van der Waals surface area contributed by atoms with Gasteiger partial charge in [0.2, 0.25) is 0 Å². The molecule has 1 aromatic heterocycles. The first-order valence-electron chi connectivity index (χ1n) is 24.8. The van der Waals surface area contributed by atoms with Gasteiger partial charge in [0.25, 0.3) is 0 Å². The summed E-state index contributed by atoms with van der Waals surface area (Å²) < 4.78 is 2.54. The number of fused-ring (bicyclic) bond motifs is 3. The Morgan fingerprint density at radius 1 is 0.338 bits per heavy atom. The monoisotopic (exact) mass is 891 g/mol. The van der Waals surface area contributed by atoms with Crippen molar-refractivity contribution < 1.29 is 0 Å². The predicted molar refractivity (Wildman–Crippen MR) is 298 cm³/mol. The molecule has 0 radical (unpaired) electrons. The molecule has 0 atom stereocenters. The minimum absolute atomic E-state index is 0.0289. The zero-order valence-electron chi connectivity index (χ0n) is 43.3. The number of hydrogen-bond acceptors (Lipinski definition) is 1. The lowest BCUT2D eigenvalue weighted by molar-refractivity contribution is 0.569. The molecule has 344 valence electrons. The summed E-state index contributed by atoms with van der Waals surface area (Å²) in [4.78, 5) is 2.60. The zero-order valence-corrected chi connectivity index (χ0v) is 43.3. The number of anilines is 3. The van der Waals surface area contributed by atoms with Gasteiger partial charge in [0.1, 0.15) is 0 Å². The molecular weight excluding hydrogens is 821 g/mol. The molecule has 0 saturated carbocycles. The van der Waals surface area contributed by atoms with Crippen molar-refractivity contribution in [2.24, 2.45) is 0 Å². The van der Waals surface area contributed by atoms with E-state index in [9.17, 15) is 0 Å². The van der Waals surface area contributed by atoms with Crippen LogP contribution in [-0.2, 0) is 27.1 Å². The van der Waals surface area contributed by atoms with Crippen LogP contribution in [-0.4, -0.2) is 4.57 Å². The Bertz CT molecular complexity index is 3460. The molecule has 10 aromatic rings. The van der Waals surface area contributed by atoms with Gasteiger partial charge in [0.05, 0.1) is 28.1 Å². The second kappa shape index (κ2) is 15.6. The molecule has 0 aliphatic rings. The van der Waals surface area contributed by atoms with Crippen molar-refractivity contribution in [3.63, 3.8) is 0 Å². The van der Waals surface area contributed by atoms with Crippen LogP contribution >= 0.6 is 0 Å². The summed E-state index contributed by atoms with van der Waals surface area (Å²) in [5, 5.41) is 10.2. The number of nitrogens with zero attached hydrogens (tertiary/aromatic N) is 2. The number of rotatable bonds is 5. The van der Waals surface area contributed by atoms with Crippen LogP contribution in [0.5, 0.6) is 0 Å². The normalized spacial score (nSPS) is 13.2. The van der Waals surface area contributed by atoms with E-state index in [2.05, 4.69) is 265 Å². The highest BCUT2D eigenvalue weighted by atomic mass is 15.1. The smallest absolute Gasteiger partial charge is 0.0543 e. The number of benzene rings is 9. The van der Waals surface area contributed by atoms with E-state index < -0.39 is 0 Å². The van der Waals surface area contributed by atoms with E-state index in [0.29, 0.717) is 0 Å². The van der Waals surface area contributed by atoms with Crippen LogP contribution in [0.15, 0.2) is 152 Å². The van der Waals surface area contributed by atoms with Gasteiger partial charge in [-0.3, -0.25) is 0 Å². The molecule has 0 aliphatic heterocycles. The second-order valence-corrected chi connectivity index (χ2v) is 24.8. The van der Waals surface area contributed by atoms with Crippen molar-refractivity contribution in [3.05, 3.63) is 179 Å². The van der Waals surface area contributed by atoms with Gasteiger partial charge >= 0.3 is 0 Å². The lowest BCUT2D eigenvalue weighted by Crippen LogP contribution is -2.20. The van der Waals surface area contributed by atoms with E-state index in [1.54, 1.807) is 0 Å². The van der Waals surface area contributed by atoms with Crippen LogP contribution in [0.25, 0.3) is 70.9 Å². The first-order valence-corrected chi connectivity index (χ1v) is 24.8. The molecule has 0 fully saturated rings. The fourth-order valence-electron chi connectivity index (χ4n) is 10.4. The standard InChI is InChI=1S/C66H70N2/c1-62(2,3)44-26-33-57-53(38-44)54-39-45(63(4,5)6)27-34-58(54)68(57)56-32-24-43-21-28-51-55(31-23-42-22-29-52(56)61(43)60(42)51)67(49-36-47(65(10,11)12)35-48(37-49)66(13,14)15)59-40-46(64(7,8)9)25-30-50(59)41-19-17-16-18-20-41/h16-40H,1-15H3. The number of hydrogen-bond donors (Lipinski definition) is 0. The quantitative estimate of drug-likeness (QED) is 0.156. The van der Waals surface area contributed by atoms with Gasteiger partial charge in [0, 0.05) is 32.8 Å². The molecule has 68 heavy (non-hydrogen) atoms. The Labute approximate surface area is 406 Å². The minimum Gasteiger partial charge on any atom is -0.309 e. The summed E-state index contributed by atoms with van der Waals surface area (Å²) >= 11 is 0. The van der Waals surface area contributed by atoms with E-state index in [1.165, 1.54) is 116 Å². The van der Waals surface area contributed by atoms with Gasteiger partial charge in [-0.1, -0.05) is 201 Å². The molecular formula is C66H70N2. The van der Waals surface area contributed by atoms with Gasteiger partial charge in [-0.25, -0.2) is 0 Å². The molecule has 0 saturated heterocycles. The maximum absolute atomic E-state index is 2.60. The van der Waals surface area contributed by atoms with E-state index in [0.717, 1.165) is 0 Å². The summed E-state index contributed by atoms with van der Waals surface area (Å²) in [7, 11) is 0. The van der Waals surface area contributed by atoms with Crippen LogP contribution in [0.2, 0.25) is 0 Å². The Morgan fingerprint density at radius 2 is 0.794 bits per heavy atom. The highest BCUT2D eigenvalue weighted by molar-refractivity contribution is 6.27. The third-order valence-electron chi connectivity index (χ3n) is 14.7. The molecule has 0 bridgehead atoms. The van der Waals surface area contributed by atoms with Gasteiger partial charge < -0.3 is 9.47 Å². The molecule has 2 heteroatoms. The summed E-state index contributed by atoms with van der Waals surface area (Å²) in [5.74, 6) is 0. The van der Waals surface area contributed by atoms with Crippen molar-refractivity contribution in [1.82, 2.24) is 4.57 Å². The summed E-state index contributed by atoms with van der Waals surface area (Å²) in [6, 6.07) is 58.8. The Kier molecular flexibility index (Phi) is 10.4. The first kappa shape index (κ1) is 45.4. The van der Waals surface area contributed by atoms with Gasteiger partial charge in [-0.2, -0.15) is 0 Å². The van der Waals surface area contributed by atoms with Crippen LogP contribution in [0.1, 0.15) is 132 Å². The fourth-order valence-corrected chi connectivity index (χ4v) is 10.4. The Balaban J connectivity index is 1.31.